The molecule has 1 aromatic carbocycles. The maximum atomic E-state index is 14.0. The number of likely N-dealkylation sites (N-methyl/N-ethyl adjacent to an activating group) is 1. The van der Waals surface area contributed by atoms with Crippen molar-refractivity contribution in [3.63, 3.8) is 0 Å². The molecule has 1 aliphatic heterocycles. The Morgan fingerprint density at radius 2 is 1.97 bits per heavy atom. The third-order valence-electron chi connectivity index (χ3n) is 5.89. The van der Waals surface area contributed by atoms with Gasteiger partial charge in [-0.05, 0) is 42.3 Å². The number of hydrogen-bond acceptors (Lipinski definition) is 6. The van der Waals surface area contributed by atoms with Crippen molar-refractivity contribution in [3.05, 3.63) is 45.1 Å². The summed E-state index contributed by atoms with van der Waals surface area (Å²) in [4.78, 5) is 42.0. The summed E-state index contributed by atoms with van der Waals surface area (Å²) in [6, 6.07) is 6.54. The number of halogens is 3. The van der Waals surface area contributed by atoms with Crippen molar-refractivity contribution in [2.75, 3.05) is 49.6 Å². The van der Waals surface area contributed by atoms with E-state index in [1.807, 2.05) is 32.6 Å². The number of ether oxygens (including phenoxy) is 1. The molecule has 1 saturated heterocycles. The molecule has 0 unspecified atom stereocenters. The molecule has 0 saturated carbocycles. The number of amides is 3. The second kappa shape index (κ2) is 13.0. The lowest BCUT2D eigenvalue weighted by Gasteiger charge is -2.35. The van der Waals surface area contributed by atoms with Gasteiger partial charge in [0.1, 0.15) is 12.6 Å². The van der Waals surface area contributed by atoms with Crippen LogP contribution in [0.25, 0.3) is 0 Å². The molecule has 0 spiro atoms. The van der Waals surface area contributed by atoms with Gasteiger partial charge in [0.15, 0.2) is 0 Å². The molecule has 1 aromatic heterocycles. The zero-order valence-electron chi connectivity index (χ0n) is 21.9. The topological polar surface area (TPSA) is 91.0 Å². The number of carbonyl (C=O) groups excluding carboxylic acids is 3. The Kier molecular flexibility index (Phi) is 10.2. The van der Waals surface area contributed by atoms with Crippen LogP contribution in [0.5, 0.6) is 0 Å². The highest BCUT2D eigenvalue weighted by Gasteiger charge is 2.30. The molecule has 2 heterocycles. The van der Waals surface area contributed by atoms with Crippen LogP contribution in [0.2, 0.25) is 4.34 Å². The van der Waals surface area contributed by atoms with Crippen LogP contribution in [0, 0.1) is 5.41 Å². The largest absolute Gasteiger partial charge is 0.370 e. The lowest BCUT2D eigenvalue weighted by molar-refractivity contribution is -0.125. The van der Waals surface area contributed by atoms with E-state index in [1.54, 1.807) is 12.1 Å². The van der Waals surface area contributed by atoms with Crippen LogP contribution < -0.4 is 15.5 Å². The summed E-state index contributed by atoms with van der Waals surface area (Å²) in [6.07, 6.45) is -2.86. The SMILES string of the molecule is CCN(CC(C)(C)C)[C@@H](CNC(=O)c1ccc(Cl)s1)C(=O)Nc1ccc(N2CCOCC2=O)c(C(F)F)c1. The molecule has 3 rings (SSSR count). The van der Waals surface area contributed by atoms with Gasteiger partial charge in [-0.1, -0.05) is 39.3 Å². The Bertz CT molecular complexity index is 1150. The van der Waals surface area contributed by atoms with Crippen LogP contribution in [-0.4, -0.2) is 68.1 Å². The minimum atomic E-state index is -2.86. The Morgan fingerprint density at radius 1 is 1.24 bits per heavy atom. The number of thiophene rings is 1. The number of benzene rings is 1. The fraction of sp³-hybridized carbons (Fsp3) is 0.500. The zero-order valence-corrected chi connectivity index (χ0v) is 23.4. The van der Waals surface area contributed by atoms with Gasteiger partial charge in [0.25, 0.3) is 18.2 Å². The third kappa shape index (κ3) is 7.95. The first-order chi connectivity index (χ1) is 17.9. The van der Waals surface area contributed by atoms with Gasteiger partial charge in [-0.3, -0.25) is 19.3 Å². The van der Waals surface area contributed by atoms with Crippen LogP contribution in [-0.2, 0) is 14.3 Å². The fourth-order valence-electron chi connectivity index (χ4n) is 4.20. The maximum Gasteiger partial charge on any atom is 0.265 e. The number of anilines is 2. The van der Waals surface area contributed by atoms with Crippen LogP contribution in [0.1, 0.15) is 49.4 Å². The monoisotopic (exact) mass is 570 g/mol. The van der Waals surface area contributed by atoms with Crippen molar-refractivity contribution in [1.29, 1.82) is 0 Å². The summed E-state index contributed by atoms with van der Waals surface area (Å²) >= 11 is 7.07. The number of nitrogens with zero attached hydrogens (tertiary/aromatic N) is 2. The highest BCUT2D eigenvalue weighted by atomic mass is 35.5. The van der Waals surface area contributed by atoms with Gasteiger partial charge in [0.2, 0.25) is 5.91 Å². The smallest absolute Gasteiger partial charge is 0.265 e. The van der Waals surface area contributed by atoms with Crippen molar-refractivity contribution in [1.82, 2.24) is 10.2 Å². The Balaban J connectivity index is 1.83. The molecule has 0 bridgehead atoms. The average Bonchev–Trinajstić information content (AvgIpc) is 3.29. The van der Waals surface area contributed by atoms with Crippen molar-refractivity contribution in [3.8, 4) is 0 Å². The number of rotatable bonds is 10. The predicted octanol–water partition coefficient (Wildman–Crippen LogP) is 4.81. The Morgan fingerprint density at radius 3 is 2.55 bits per heavy atom. The molecule has 1 atom stereocenters. The van der Waals surface area contributed by atoms with Crippen LogP contribution in [0.15, 0.2) is 30.3 Å². The van der Waals surface area contributed by atoms with Gasteiger partial charge in [-0.2, -0.15) is 0 Å². The van der Waals surface area contributed by atoms with Gasteiger partial charge in [-0.15, -0.1) is 11.3 Å². The molecule has 1 aliphatic rings. The Hall–Kier alpha value is -2.60. The van der Waals surface area contributed by atoms with E-state index in [0.717, 1.165) is 11.3 Å². The van der Waals surface area contributed by atoms with Gasteiger partial charge >= 0.3 is 0 Å². The summed E-state index contributed by atoms with van der Waals surface area (Å²) in [5, 5.41) is 5.54. The lowest BCUT2D eigenvalue weighted by atomic mass is 9.95. The van der Waals surface area contributed by atoms with Gasteiger partial charge in [0, 0.05) is 30.9 Å². The molecular weight excluding hydrogens is 538 g/mol. The van der Waals surface area contributed by atoms with Crippen molar-refractivity contribution < 1.29 is 27.9 Å². The second-order valence-electron chi connectivity index (χ2n) is 10.1. The Labute approximate surface area is 230 Å². The van der Waals surface area contributed by atoms with E-state index in [4.69, 9.17) is 16.3 Å². The molecule has 208 valence electrons. The number of alkyl halides is 2. The quantitative estimate of drug-likeness (QED) is 0.428. The minimum Gasteiger partial charge on any atom is -0.370 e. The molecule has 0 aliphatic carbocycles. The standard InChI is InChI=1S/C26H33ClF2N4O4S/c1-5-32(15-26(2,3)4)19(13-30-25(36)20-8-9-21(27)38-20)24(35)31-16-6-7-18(17(12-16)23(28)29)33-10-11-37-14-22(33)34/h6-9,12,19,23H,5,10-11,13-15H2,1-4H3,(H,30,36)(H,31,35)/t19-/m0/s1. The van der Waals surface area contributed by atoms with Crippen molar-refractivity contribution in [2.45, 2.75) is 40.2 Å². The van der Waals surface area contributed by atoms with E-state index in [1.165, 1.54) is 23.1 Å². The van der Waals surface area contributed by atoms with Crippen LogP contribution in [0.4, 0.5) is 20.2 Å². The van der Waals surface area contributed by atoms with E-state index >= 15 is 0 Å². The summed E-state index contributed by atoms with van der Waals surface area (Å²) in [7, 11) is 0. The third-order valence-corrected chi connectivity index (χ3v) is 7.12. The average molecular weight is 571 g/mol. The summed E-state index contributed by atoms with van der Waals surface area (Å²) in [6.45, 7) is 9.36. The zero-order chi connectivity index (χ0) is 28.0. The minimum absolute atomic E-state index is 0.00612. The molecule has 3 amide bonds. The summed E-state index contributed by atoms with van der Waals surface area (Å²) in [5.41, 5.74) is -0.246. The fourth-order valence-corrected chi connectivity index (χ4v) is 5.16. The normalized spacial score (nSPS) is 15.2. The summed E-state index contributed by atoms with van der Waals surface area (Å²) < 4.78 is 33.5. The van der Waals surface area contributed by atoms with E-state index in [2.05, 4.69) is 10.6 Å². The molecule has 0 radical (unpaired) electrons. The molecule has 2 aromatic rings. The van der Waals surface area contributed by atoms with Crippen LogP contribution >= 0.6 is 22.9 Å². The molecule has 38 heavy (non-hydrogen) atoms. The molecule has 2 N–H and O–H groups in total. The number of carbonyl (C=O) groups is 3. The first-order valence-corrected chi connectivity index (χ1v) is 13.5. The number of hydrogen-bond donors (Lipinski definition) is 2. The first-order valence-electron chi connectivity index (χ1n) is 12.3. The summed E-state index contributed by atoms with van der Waals surface area (Å²) in [5.74, 6) is -1.21. The number of morpholine rings is 1. The predicted molar refractivity (Wildman–Crippen MR) is 145 cm³/mol. The van der Waals surface area contributed by atoms with E-state index in [-0.39, 0.29) is 54.6 Å². The van der Waals surface area contributed by atoms with Crippen molar-refractivity contribution in [2.24, 2.45) is 5.41 Å². The van der Waals surface area contributed by atoms with Gasteiger partial charge in [-0.25, -0.2) is 8.78 Å². The molecular formula is C26H33ClF2N4O4S. The lowest BCUT2D eigenvalue weighted by Crippen LogP contribution is -2.52. The van der Waals surface area contributed by atoms with E-state index in [9.17, 15) is 23.2 Å². The molecule has 12 heteroatoms. The van der Waals surface area contributed by atoms with Crippen molar-refractivity contribution >= 4 is 52.0 Å². The van der Waals surface area contributed by atoms with Gasteiger partial charge < -0.3 is 20.3 Å². The van der Waals surface area contributed by atoms with E-state index < -0.39 is 24.3 Å². The van der Waals surface area contributed by atoms with E-state index in [0.29, 0.717) is 22.3 Å². The van der Waals surface area contributed by atoms with Gasteiger partial charge in [0.05, 0.1) is 21.5 Å². The van der Waals surface area contributed by atoms with Crippen LogP contribution in [0.3, 0.4) is 0 Å². The molecule has 1 fully saturated rings. The number of nitrogens with one attached hydrogen (secondary N) is 2. The maximum absolute atomic E-state index is 14.0. The molecule has 8 nitrogen and oxygen atoms in total. The first kappa shape index (κ1) is 29.9. The highest BCUT2D eigenvalue weighted by molar-refractivity contribution is 7.18. The second-order valence-corrected chi connectivity index (χ2v) is 11.8. The highest BCUT2D eigenvalue weighted by Crippen LogP contribution is 2.33.